The second-order valence-electron chi connectivity index (χ2n) is 7.31. The summed E-state index contributed by atoms with van der Waals surface area (Å²) in [5.74, 6) is 0.432. The molecule has 0 saturated heterocycles. The smallest absolute Gasteiger partial charge is 0.252 e. The lowest BCUT2D eigenvalue weighted by Crippen LogP contribution is -2.34. The molecule has 7 nitrogen and oxygen atoms in total. The van der Waals surface area contributed by atoms with E-state index in [4.69, 9.17) is 4.74 Å². The van der Waals surface area contributed by atoms with Gasteiger partial charge in [-0.15, -0.1) is 11.3 Å². The highest BCUT2D eigenvalue weighted by Gasteiger charge is 2.22. The summed E-state index contributed by atoms with van der Waals surface area (Å²) in [6, 6.07) is 0.497. The van der Waals surface area contributed by atoms with Gasteiger partial charge in [-0.25, -0.2) is 4.98 Å². The lowest BCUT2D eigenvalue weighted by atomic mass is 9.98. The quantitative estimate of drug-likeness (QED) is 0.263. The maximum atomic E-state index is 12.1. The Kier molecular flexibility index (Phi) is 11.6. The van der Waals surface area contributed by atoms with Crippen molar-refractivity contribution in [3.63, 3.8) is 0 Å². The van der Waals surface area contributed by atoms with Crippen LogP contribution in [0, 0.1) is 0 Å². The van der Waals surface area contributed by atoms with Gasteiger partial charge in [0.2, 0.25) is 5.91 Å². The van der Waals surface area contributed by atoms with E-state index in [0.717, 1.165) is 69.4 Å². The van der Waals surface area contributed by atoms with Gasteiger partial charge < -0.3 is 15.4 Å². The van der Waals surface area contributed by atoms with Crippen molar-refractivity contribution in [1.29, 1.82) is 0 Å². The lowest BCUT2D eigenvalue weighted by Gasteiger charge is -2.21. The Balaban J connectivity index is 1.60. The molecule has 0 bridgehead atoms. The van der Waals surface area contributed by atoms with Gasteiger partial charge in [0, 0.05) is 17.5 Å². The first kappa shape index (κ1) is 24.1. The van der Waals surface area contributed by atoms with E-state index in [1.807, 2.05) is 0 Å². The van der Waals surface area contributed by atoms with Crippen LogP contribution in [0.3, 0.4) is 0 Å². The Hall–Kier alpha value is -1.16. The minimum atomic E-state index is -0.281. The topological polar surface area (TPSA) is 92.3 Å². The zero-order valence-corrected chi connectivity index (χ0v) is 19.0. The van der Waals surface area contributed by atoms with Crippen LogP contribution in [0.4, 0.5) is 5.13 Å². The molecule has 0 aliphatic heterocycles. The predicted molar refractivity (Wildman–Crippen MR) is 121 cm³/mol. The number of hydrogen-bond acceptors (Lipinski definition) is 7. The van der Waals surface area contributed by atoms with Crippen LogP contribution in [-0.2, 0) is 27.2 Å². The molecule has 1 aromatic heterocycles. The third-order valence-electron chi connectivity index (χ3n) is 4.74. The first-order valence-corrected chi connectivity index (χ1v) is 12.0. The highest BCUT2D eigenvalue weighted by atomic mass is 32.1. The second-order valence-corrected chi connectivity index (χ2v) is 8.84. The third kappa shape index (κ3) is 9.46. The predicted octanol–water partition coefficient (Wildman–Crippen LogP) is 2.56. The number of rotatable bonds is 14. The molecule has 0 radical (unpaired) electrons. The van der Waals surface area contributed by atoms with Crippen LogP contribution in [-0.4, -0.2) is 54.9 Å². The largest absolute Gasteiger partial charge is 0.362 e. The van der Waals surface area contributed by atoms with Crippen molar-refractivity contribution in [3.8, 4) is 0 Å². The molecule has 1 aliphatic rings. The van der Waals surface area contributed by atoms with Crippen molar-refractivity contribution in [2.75, 3.05) is 37.4 Å². The van der Waals surface area contributed by atoms with Gasteiger partial charge in [0.15, 0.2) is 5.13 Å². The Morgan fingerprint density at radius 1 is 1.17 bits per heavy atom. The second kappa shape index (κ2) is 14.0. The Morgan fingerprint density at radius 3 is 2.76 bits per heavy atom. The van der Waals surface area contributed by atoms with Gasteiger partial charge in [0.1, 0.15) is 13.2 Å². The number of thiazole rings is 1. The highest BCUT2D eigenvalue weighted by molar-refractivity contribution is 7.80. The number of anilines is 1. The maximum Gasteiger partial charge on any atom is 0.252 e. The summed E-state index contributed by atoms with van der Waals surface area (Å²) >= 11 is 5.71. The number of carbonyl (C=O) groups excluding carboxylic acids is 2. The average molecular weight is 443 g/mol. The molecule has 3 N–H and O–H groups in total. The van der Waals surface area contributed by atoms with E-state index in [0.29, 0.717) is 17.7 Å². The molecule has 0 unspecified atom stereocenters. The van der Waals surface area contributed by atoms with Crippen LogP contribution >= 0.6 is 24.0 Å². The molecule has 1 heterocycles. The van der Waals surface area contributed by atoms with Crippen LogP contribution in [0.15, 0.2) is 0 Å². The summed E-state index contributed by atoms with van der Waals surface area (Å²) in [6.45, 7) is 3.58. The lowest BCUT2D eigenvalue weighted by molar-refractivity contribution is -0.128. The van der Waals surface area contributed by atoms with E-state index >= 15 is 0 Å². The van der Waals surface area contributed by atoms with Crippen molar-refractivity contribution < 1.29 is 14.3 Å². The fourth-order valence-electron chi connectivity index (χ4n) is 3.21. The molecule has 2 amide bonds. The van der Waals surface area contributed by atoms with E-state index in [9.17, 15) is 9.59 Å². The number of aryl methyl sites for hydroxylation is 1. The first-order chi connectivity index (χ1) is 14.1. The van der Waals surface area contributed by atoms with E-state index in [2.05, 4.69) is 40.5 Å². The van der Waals surface area contributed by atoms with E-state index in [1.54, 1.807) is 0 Å². The number of nitrogens with one attached hydrogen (secondary N) is 3. The van der Waals surface area contributed by atoms with Crippen LogP contribution in [0.25, 0.3) is 0 Å². The minimum absolute atomic E-state index is 0.108. The number of thiol groups is 1. The molecule has 2 rings (SSSR count). The molecule has 0 aromatic carbocycles. The number of hydrogen-bond donors (Lipinski definition) is 4. The normalized spacial score (nSPS) is 15.7. The molecule has 1 aromatic rings. The van der Waals surface area contributed by atoms with Gasteiger partial charge in [-0.2, -0.15) is 12.6 Å². The number of ether oxygens (including phenoxy) is 1. The molecule has 164 valence electrons. The summed E-state index contributed by atoms with van der Waals surface area (Å²) in [5.41, 5.74) is 1.09. The van der Waals surface area contributed by atoms with E-state index < -0.39 is 0 Å². The fourth-order valence-corrected chi connectivity index (χ4v) is 4.54. The zero-order chi connectivity index (χ0) is 20.9. The number of fused-ring (bicyclic) bond motifs is 1. The van der Waals surface area contributed by atoms with Crippen molar-refractivity contribution in [2.24, 2.45) is 0 Å². The van der Waals surface area contributed by atoms with Crippen LogP contribution in [0.2, 0.25) is 0 Å². The third-order valence-corrected chi connectivity index (χ3v) is 6.09. The number of aromatic nitrogens is 1. The van der Waals surface area contributed by atoms with Crippen LogP contribution < -0.4 is 16.0 Å². The van der Waals surface area contributed by atoms with Crippen molar-refractivity contribution >= 4 is 40.9 Å². The van der Waals surface area contributed by atoms with Gasteiger partial charge in [-0.3, -0.25) is 14.9 Å². The summed E-state index contributed by atoms with van der Waals surface area (Å²) < 4.78 is 5.22. The van der Waals surface area contributed by atoms with Gasteiger partial charge in [-0.05, 0) is 50.8 Å². The maximum absolute atomic E-state index is 12.1. The molecule has 9 heteroatoms. The molecule has 1 atom stereocenters. The molecule has 0 spiro atoms. The SMILES string of the molecule is CCCN[C@H]1CCc2nc(NC(=O)COCC(=O)NCCCCCCS)sc2C1. The molecule has 0 fully saturated rings. The van der Waals surface area contributed by atoms with E-state index in [-0.39, 0.29) is 25.0 Å². The highest BCUT2D eigenvalue weighted by Crippen LogP contribution is 2.29. The summed E-state index contributed by atoms with van der Waals surface area (Å²) in [7, 11) is 0. The Morgan fingerprint density at radius 2 is 1.97 bits per heavy atom. The molecular weight excluding hydrogens is 408 g/mol. The Labute approximate surface area is 183 Å². The van der Waals surface area contributed by atoms with Gasteiger partial charge in [0.05, 0.1) is 5.69 Å². The fraction of sp³-hybridized carbons (Fsp3) is 0.750. The van der Waals surface area contributed by atoms with Gasteiger partial charge in [0.25, 0.3) is 5.91 Å². The molecule has 0 saturated carbocycles. The molecule has 1 aliphatic carbocycles. The first-order valence-electron chi connectivity index (χ1n) is 10.6. The summed E-state index contributed by atoms with van der Waals surface area (Å²) in [6.07, 6.45) is 8.38. The Bertz CT molecular complexity index is 639. The molecular formula is C20H34N4O3S2. The number of carbonyl (C=O) groups is 2. The number of nitrogens with zero attached hydrogens (tertiary/aromatic N) is 1. The van der Waals surface area contributed by atoms with Crippen LogP contribution in [0.5, 0.6) is 0 Å². The van der Waals surface area contributed by atoms with Crippen molar-refractivity contribution in [1.82, 2.24) is 15.6 Å². The minimum Gasteiger partial charge on any atom is -0.362 e. The van der Waals surface area contributed by atoms with Crippen LogP contribution in [0.1, 0.15) is 56.0 Å². The zero-order valence-electron chi connectivity index (χ0n) is 17.3. The standard InChI is InChI=1S/C20H34N4O3S2/c1-2-9-21-15-7-8-16-17(12-15)29-20(23-16)24-19(26)14-27-13-18(25)22-10-5-3-4-6-11-28/h15,21,28H,2-14H2,1H3,(H,22,25)(H,23,24,26)/t15-/m0/s1. The number of amides is 2. The van der Waals surface area contributed by atoms with Crippen molar-refractivity contribution in [3.05, 3.63) is 10.6 Å². The average Bonchev–Trinajstić information content (AvgIpc) is 3.10. The van der Waals surface area contributed by atoms with Crippen molar-refractivity contribution in [2.45, 2.75) is 64.3 Å². The summed E-state index contributed by atoms with van der Waals surface area (Å²) in [4.78, 5) is 29.6. The number of unbranched alkanes of at least 4 members (excludes halogenated alkanes) is 3. The van der Waals surface area contributed by atoms with E-state index in [1.165, 1.54) is 16.2 Å². The van der Waals surface area contributed by atoms with Gasteiger partial charge >= 0.3 is 0 Å². The van der Waals surface area contributed by atoms with Gasteiger partial charge in [-0.1, -0.05) is 19.8 Å². The monoisotopic (exact) mass is 442 g/mol. The molecule has 29 heavy (non-hydrogen) atoms. The summed E-state index contributed by atoms with van der Waals surface area (Å²) in [5, 5.41) is 9.77.